The number of nitrogens with two attached hydrogens (primary N) is 1. The van der Waals surface area contributed by atoms with Gasteiger partial charge in [-0.3, -0.25) is 9.59 Å². The van der Waals surface area contributed by atoms with Crippen molar-refractivity contribution in [1.29, 1.82) is 0 Å². The normalized spacial score (nSPS) is 11.7. The van der Waals surface area contributed by atoms with Crippen molar-refractivity contribution in [3.05, 3.63) is 35.9 Å². The summed E-state index contributed by atoms with van der Waals surface area (Å²) in [5.41, 5.74) is 6.86. The Morgan fingerprint density at radius 2 is 1.85 bits per heavy atom. The average Bonchev–Trinajstić information content (AvgIpc) is 2.46. The number of rotatable bonds is 8. The Balaban J connectivity index is 2.23. The number of amides is 2. The molecule has 2 amide bonds. The maximum Gasteiger partial charge on any atom is 0.237 e. The zero-order valence-electron chi connectivity index (χ0n) is 11.9. The monoisotopic (exact) mass is 277 g/mol. The summed E-state index contributed by atoms with van der Waals surface area (Å²) in [6, 6.07) is 9.03. The molecular weight excluding hydrogens is 254 g/mol. The molecule has 0 unspecified atom stereocenters. The van der Waals surface area contributed by atoms with Crippen LogP contribution in [0, 0.1) is 0 Å². The molecule has 0 saturated carbocycles. The predicted molar refractivity (Wildman–Crippen MR) is 79.0 cm³/mol. The maximum atomic E-state index is 11.8. The minimum Gasteiger partial charge on any atom is -0.356 e. The van der Waals surface area contributed by atoms with Gasteiger partial charge in [0.25, 0.3) is 0 Å². The van der Waals surface area contributed by atoms with Gasteiger partial charge in [0.15, 0.2) is 0 Å². The first-order valence-electron chi connectivity index (χ1n) is 6.97. The first-order chi connectivity index (χ1) is 9.63. The minimum absolute atomic E-state index is 0.0521. The fourth-order valence-corrected chi connectivity index (χ4v) is 1.74. The van der Waals surface area contributed by atoms with Gasteiger partial charge in [0, 0.05) is 19.5 Å². The summed E-state index contributed by atoms with van der Waals surface area (Å²) in [7, 11) is 0. The van der Waals surface area contributed by atoms with Crippen molar-refractivity contribution in [2.24, 2.45) is 5.73 Å². The fraction of sp³-hybridized carbons (Fsp3) is 0.467. The third-order valence-corrected chi connectivity index (χ3v) is 2.86. The minimum atomic E-state index is -0.587. The summed E-state index contributed by atoms with van der Waals surface area (Å²) in [4.78, 5) is 23.1. The number of nitrogens with one attached hydrogen (secondary N) is 2. The largest absolute Gasteiger partial charge is 0.356 e. The highest BCUT2D eigenvalue weighted by atomic mass is 16.2. The van der Waals surface area contributed by atoms with Crippen LogP contribution in [0.5, 0.6) is 0 Å². The van der Waals surface area contributed by atoms with E-state index in [-0.39, 0.29) is 18.2 Å². The van der Waals surface area contributed by atoms with E-state index in [1.54, 1.807) is 0 Å². The van der Waals surface area contributed by atoms with Gasteiger partial charge in [-0.15, -0.1) is 0 Å². The van der Waals surface area contributed by atoms with Crippen LogP contribution in [0.25, 0.3) is 0 Å². The molecule has 5 nitrogen and oxygen atoms in total. The van der Waals surface area contributed by atoms with E-state index in [0.29, 0.717) is 19.5 Å². The Kier molecular flexibility index (Phi) is 7.35. The summed E-state index contributed by atoms with van der Waals surface area (Å²) in [5.74, 6) is -0.277. The van der Waals surface area contributed by atoms with E-state index >= 15 is 0 Å². The lowest BCUT2D eigenvalue weighted by molar-refractivity contribution is -0.123. The van der Waals surface area contributed by atoms with E-state index in [0.717, 1.165) is 12.0 Å². The number of hydrogen-bond acceptors (Lipinski definition) is 3. The molecule has 20 heavy (non-hydrogen) atoms. The molecule has 0 aliphatic carbocycles. The Hall–Kier alpha value is -1.88. The number of carbonyl (C=O) groups is 2. The zero-order chi connectivity index (χ0) is 14.8. The first-order valence-corrected chi connectivity index (χ1v) is 6.97. The second-order valence-electron chi connectivity index (χ2n) is 4.69. The van der Waals surface area contributed by atoms with Crippen molar-refractivity contribution >= 4 is 11.8 Å². The topological polar surface area (TPSA) is 84.2 Å². The van der Waals surface area contributed by atoms with Crippen molar-refractivity contribution in [2.75, 3.05) is 13.1 Å². The third-order valence-electron chi connectivity index (χ3n) is 2.86. The molecule has 4 N–H and O–H groups in total. The van der Waals surface area contributed by atoms with Crippen LogP contribution in [0.2, 0.25) is 0 Å². The first kappa shape index (κ1) is 16.2. The quantitative estimate of drug-likeness (QED) is 0.650. The highest BCUT2D eigenvalue weighted by molar-refractivity contribution is 5.82. The molecule has 0 radical (unpaired) electrons. The molecule has 0 heterocycles. The Bertz CT molecular complexity index is 420. The highest BCUT2D eigenvalue weighted by Gasteiger charge is 2.13. The van der Waals surface area contributed by atoms with Crippen LogP contribution < -0.4 is 16.4 Å². The second-order valence-corrected chi connectivity index (χ2v) is 4.69. The van der Waals surface area contributed by atoms with Gasteiger partial charge >= 0.3 is 0 Å². The molecular formula is C15H23N3O2. The summed E-state index contributed by atoms with van der Waals surface area (Å²) in [5, 5.41) is 5.44. The van der Waals surface area contributed by atoms with E-state index in [2.05, 4.69) is 10.6 Å². The lowest BCUT2D eigenvalue weighted by Gasteiger charge is -2.12. The summed E-state index contributed by atoms with van der Waals surface area (Å²) in [6.07, 6.45) is 1.68. The maximum absolute atomic E-state index is 11.8. The molecule has 0 aliphatic heterocycles. The molecule has 0 bridgehead atoms. The number of hydrogen-bond donors (Lipinski definition) is 3. The standard InChI is InChI=1S/C15H23N3O2/c1-2-9-17-14(19)8-10-18-15(20)13(16)11-12-6-4-3-5-7-12/h3-7,13H,2,8-11,16H2,1H3,(H,17,19)(H,18,20)/t13-/m0/s1. The molecule has 5 heteroatoms. The van der Waals surface area contributed by atoms with Crippen molar-refractivity contribution < 1.29 is 9.59 Å². The smallest absolute Gasteiger partial charge is 0.237 e. The van der Waals surface area contributed by atoms with Gasteiger partial charge in [0.05, 0.1) is 6.04 Å². The molecule has 0 aromatic heterocycles. The predicted octanol–water partition coefficient (Wildman–Crippen LogP) is 0.589. The van der Waals surface area contributed by atoms with Crippen LogP contribution in [0.15, 0.2) is 30.3 Å². The van der Waals surface area contributed by atoms with E-state index in [1.807, 2.05) is 37.3 Å². The molecule has 0 spiro atoms. The lowest BCUT2D eigenvalue weighted by Crippen LogP contribution is -2.43. The van der Waals surface area contributed by atoms with Crippen molar-refractivity contribution in [3.63, 3.8) is 0 Å². The van der Waals surface area contributed by atoms with E-state index < -0.39 is 6.04 Å². The van der Waals surface area contributed by atoms with Crippen LogP contribution in [-0.4, -0.2) is 30.9 Å². The molecule has 1 rings (SSSR count). The van der Waals surface area contributed by atoms with Crippen molar-refractivity contribution in [1.82, 2.24) is 10.6 Å². The lowest BCUT2D eigenvalue weighted by atomic mass is 10.1. The number of benzene rings is 1. The molecule has 0 aliphatic rings. The van der Waals surface area contributed by atoms with E-state index in [1.165, 1.54) is 0 Å². The van der Waals surface area contributed by atoms with Gasteiger partial charge in [-0.2, -0.15) is 0 Å². The zero-order valence-corrected chi connectivity index (χ0v) is 11.9. The molecule has 1 atom stereocenters. The van der Waals surface area contributed by atoms with Gasteiger partial charge in [-0.05, 0) is 18.4 Å². The van der Waals surface area contributed by atoms with Gasteiger partial charge < -0.3 is 16.4 Å². The Morgan fingerprint density at radius 3 is 2.50 bits per heavy atom. The summed E-state index contributed by atoms with van der Waals surface area (Å²) < 4.78 is 0. The summed E-state index contributed by atoms with van der Waals surface area (Å²) >= 11 is 0. The third kappa shape index (κ3) is 6.33. The van der Waals surface area contributed by atoms with Crippen LogP contribution >= 0.6 is 0 Å². The van der Waals surface area contributed by atoms with Gasteiger partial charge in [0.2, 0.25) is 11.8 Å². The molecule has 0 saturated heterocycles. The molecule has 0 fully saturated rings. The number of carbonyl (C=O) groups excluding carboxylic acids is 2. The fourth-order valence-electron chi connectivity index (χ4n) is 1.74. The molecule has 1 aromatic rings. The van der Waals surface area contributed by atoms with Crippen LogP contribution in [-0.2, 0) is 16.0 Å². The molecule has 110 valence electrons. The Labute approximate surface area is 119 Å². The van der Waals surface area contributed by atoms with Crippen LogP contribution in [0.4, 0.5) is 0 Å². The van der Waals surface area contributed by atoms with Crippen LogP contribution in [0.3, 0.4) is 0 Å². The molecule has 1 aromatic carbocycles. The Morgan fingerprint density at radius 1 is 1.15 bits per heavy atom. The SMILES string of the molecule is CCCNC(=O)CCNC(=O)[C@@H](N)Cc1ccccc1. The highest BCUT2D eigenvalue weighted by Crippen LogP contribution is 2.01. The van der Waals surface area contributed by atoms with E-state index in [4.69, 9.17) is 5.73 Å². The van der Waals surface area contributed by atoms with Gasteiger partial charge in [0.1, 0.15) is 0 Å². The van der Waals surface area contributed by atoms with Gasteiger partial charge in [-0.1, -0.05) is 37.3 Å². The second kappa shape index (κ2) is 9.09. The summed E-state index contributed by atoms with van der Waals surface area (Å²) in [6.45, 7) is 2.97. The van der Waals surface area contributed by atoms with Gasteiger partial charge in [-0.25, -0.2) is 0 Å². The van der Waals surface area contributed by atoms with Crippen LogP contribution in [0.1, 0.15) is 25.3 Å². The van der Waals surface area contributed by atoms with Crippen molar-refractivity contribution in [2.45, 2.75) is 32.2 Å². The average molecular weight is 277 g/mol. The van der Waals surface area contributed by atoms with Crippen molar-refractivity contribution in [3.8, 4) is 0 Å². The van der Waals surface area contributed by atoms with E-state index in [9.17, 15) is 9.59 Å².